The normalized spacial score (nSPS) is 16.3. The highest BCUT2D eigenvalue weighted by Crippen LogP contribution is 2.18. The van der Waals surface area contributed by atoms with Gasteiger partial charge in [0.1, 0.15) is 11.9 Å². The number of nitrogens with zero attached hydrogens (tertiary/aromatic N) is 1. The van der Waals surface area contributed by atoms with Gasteiger partial charge >= 0.3 is 0 Å². The third-order valence-electron chi connectivity index (χ3n) is 4.60. The van der Waals surface area contributed by atoms with E-state index < -0.39 is 17.8 Å². The largest absolute Gasteiger partial charge is 0.341 e. The van der Waals surface area contributed by atoms with E-state index in [2.05, 4.69) is 5.32 Å². The molecule has 1 aromatic carbocycles. The Labute approximate surface area is 154 Å². The van der Waals surface area contributed by atoms with E-state index in [1.807, 2.05) is 13.8 Å². The van der Waals surface area contributed by atoms with Crippen LogP contribution >= 0.6 is 12.4 Å². The Kier molecular flexibility index (Phi) is 8.32. The van der Waals surface area contributed by atoms with Crippen molar-refractivity contribution in [3.8, 4) is 0 Å². The maximum absolute atomic E-state index is 13.8. The first-order valence-corrected chi connectivity index (χ1v) is 8.48. The molecule has 2 rings (SSSR count). The molecule has 1 fully saturated rings. The molecular formula is C18H27ClFN3O2. The minimum absolute atomic E-state index is 0. The first-order valence-electron chi connectivity index (χ1n) is 8.48. The molecule has 1 saturated heterocycles. The summed E-state index contributed by atoms with van der Waals surface area (Å²) < 4.78 is 13.8. The Morgan fingerprint density at radius 1 is 1.28 bits per heavy atom. The lowest BCUT2D eigenvalue weighted by atomic mass is 9.95. The fraction of sp³-hybridized carbons (Fsp3) is 0.556. The van der Waals surface area contributed by atoms with Gasteiger partial charge in [0.2, 0.25) is 5.91 Å². The highest BCUT2D eigenvalue weighted by atomic mass is 35.5. The van der Waals surface area contributed by atoms with Crippen LogP contribution in [-0.4, -0.2) is 42.4 Å². The van der Waals surface area contributed by atoms with E-state index in [1.165, 1.54) is 18.2 Å². The highest BCUT2D eigenvalue weighted by Gasteiger charge is 2.31. The Bertz CT molecular complexity index is 589. The van der Waals surface area contributed by atoms with E-state index in [4.69, 9.17) is 5.73 Å². The highest BCUT2D eigenvalue weighted by molar-refractivity contribution is 5.97. The van der Waals surface area contributed by atoms with Crippen LogP contribution in [0.4, 0.5) is 4.39 Å². The predicted molar refractivity (Wildman–Crippen MR) is 98.1 cm³/mol. The zero-order valence-electron chi connectivity index (χ0n) is 14.7. The second-order valence-corrected chi connectivity index (χ2v) is 6.68. The van der Waals surface area contributed by atoms with Crippen LogP contribution in [0.15, 0.2) is 24.3 Å². The second kappa shape index (κ2) is 9.73. The molecule has 1 aromatic rings. The summed E-state index contributed by atoms with van der Waals surface area (Å²) in [5.74, 6) is -0.879. The molecule has 0 spiro atoms. The molecule has 5 nitrogen and oxygen atoms in total. The Morgan fingerprint density at radius 3 is 2.40 bits per heavy atom. The number of carbonyl (C=O) groups excluding carboxylic acids is 2. The number of rotatable bonds is 5. The average molecular weight is 372 g/mol. The zero-order valence-corrected chi connectivity index (χ0v) is 15.5. The van der Waals surface area contributed by atoms with Gasteiger partial charge in [-0.15, -0.1) is 12.4 Å². The lowest BCUT2D eigenvalue weighted by molar-refractivity contribution is -0.135. The van der Waals surface area contributed by atoms with Gasteiger partial charge in [-0.2, -0.15) is 0 Å². The molecule has 7 heteroatoms. The molecule has 3 N–H and O–H groups in total. The molecule has 0 saturated carbocycles. The molecular weight excluding hydrogens is 345 g/mol. The molecule has 0 bridgehead atoms. The Hall–Kier alpha value is -1.66. The third kappa shape index (κ3) is 5.41. The number of nitrogens with one attached hydrogen (secondary N) is 1. The lowest BCUT2D eigenvalue weighted by Crippen LogP contribution is -2.53. The van der Waals surface area contributed by atoms with Crippen LogP contribution < -0.4 is 11.1 Å². The monoisotopic (exact) mass is 371 g/mol. The molecule has 2 amide bonds. The summed E-state index contributed by atoms with van der Waals surface area (Å²) in [5, 5.41) is 2.70. The number of likely N-dealkylation sites (tertiary alicyclic amines) is 1. The molecule has 140 valence electrons. The molecule has 0 aliphatic carbocycles. The van der Waals surface area contributed by atoms with Crippen molar-refractivity contribution < 1.29 is 14.0 Å². The lowest BCUT2D eigenvalue weighted by Gasteiger charge is -2.35. The van der Waals surface area contributed by atoms with Crippen molar-refractivity contribution >= 4 is 24.2 Å². The van der Waals surface area contributed by atoms with Crippen LogP contribution in [0.5, 0.6) is 0 Å². The first kappa shape index (κ1) is 21.4. The summed E-state index contributed by atoms with van der Waals surface area (Å²) in [6, 6.07) is 5.12. The van der Waals surface area contributed by atoms with Crippen LogP contribution in [0.1, 0.15) is 37.0 Å². The number of benzene rings is 1. The first-order chi connectivity index (χ1) is 11.4. The fourth-order valence-electron chi connectivity index (χ4n) is 2.96. The Morgan fingerprint density at radius 2 is 1.88 bits per heavy atom. The SMILES string of the molecule is CC(C)C(NC(=O)c1ccccc1F)C(=O)N1CCC(CN)CC1.Cl. The van der Waals surface area contributed by atoms with E-state index in [9.17, 15) is 14.0 Å². The van der Waals surface area contributed by atoms with Gasteiger partial charge in [-0.1, -0.05) is 26.0 Å². The van der Waals surface area contributed by atoms with Crippen LogP contribution in [0, 0.1) is 17.7 Å². The number of nitrogens with two attached hydrogens (primary N) is 1. The van der Waals surface area contributed by atoms with Gasteiger partial charge < -0.3 is 16.0 Å². The van der Waals surface area contributed by atoms with Crippen molar-refractivity contribution in [2.45, 2.75) is 32.7 Å². The van der Waals surface area contributed by atoms with E-state index >= 15 is 0 Å². The van der Waals surface area contributed by atoms with Crippen LogP contribution in [0.25, 0.3) is 0 Å². The van der Waals surface area contributed by atoms with Crippen molar-refractivity contribution in [1.82, 2.24) is 10.2 Å². The summed E-state index contributed by atoms with van der Waals surface area (Å²) in [7, 11) is 0. The number of hydrogen-bond acceptors (Lipinski definition) is 3. The molecule has 0 aromatic heterocycles. The third-order valence-corrected chi connectivity index (χ3v) is 4.60. The fourth-order valence-corrected chi connectivity index (χ4v) is 2.96. The van der Waals surface area contributed by atoms with Gasteiger partial charge in [-0.25, -0.2) is 4.39 Å². The van der Waals surface area contributed by atoms with E-state index in [-0.39, 0.29) is 29.8 Å². The van der Waals surface area contributed by atoms with Gasteiger partial charge in [0.05, 0.1) is 5.56 Å². The topological polar surface area (TPSA) is 75.4 Å². The molecule has 1 heterocycles. The van der Waals surface area contributed by atoms with E-state index in [1.54, 1.807) is 11.0 Å². The zero-order chi connectivity index (χ0) is 17.7. The van der Waals surface area contributed by atoms with Crippen LogP contribution in [0.3, 0.4) is 0 Å². The molecule has 1 aliphatic heterocycles. The number of amides is 2. The molecule has 0 radical (unpaired) electrons. The minimum atomic E-state index is -0.661. The van der Waals surface area contributed by atoms with Gasteiger partial charge in [0, 0.05) is 13.1 Å². The smallest absolute Gasteiger partial charge is 0.254 e. The van der Waals surface area contributed by atoms with Crippen molar-refractivity contribution in [3.63, 3.8) is 0 Å². The molecule has 25 heavy (non-hydrogen) atoms. The predicted octanol–water partition coefficient (Wildman–Crippen LogP) is 2.20. The minimum Gasteiger partial charge on any atom is -0.341 e. The van der Waals surface area contributed by atoms with Gasteiger partial charge in [0.15, 0.2) is 0 Å². The van der Waals surface area contributed by atoms with Gasteiger partial charge in [-0.3, -0.25) is 9.59 Å². The quantitative estimate of drug-likeness (QED) is 0.833. The van der Waals surface area contributed by atoms with E-state index in [0.717, 1.165) is 12.8 Å². The van der Waals surface area contributed by atoms with Crippen LogP contribution in [0.2, 0.25) is 0 Å². The van der Waals surface area contributed by atoms with Crippen molar-refractivity contribution in [2.24, 2.45) is 17.6 Å². The summed E-state index contributed by atoms with van der Waals surface area (Å²) >= 11 is 0. The maximum Gasteiger partial charge on any atom is 0.254 e. The number of carbonyl (C=O) groups is 2. The van der Waals surface area contributed by atoms with Crippen molar-refractivity contribution in [1.29, 1.82) is 0 Å². The molecule has 1 atom stereocenters. The van der Waals surface area contributed by atoms with E-state index in [0.29, 0.717) is 25.6 Å². The molecule has 1 unspecified atom stereocenters. The standard InChI is InChI=1S/C18H26FN3O2.ClH/c1-12(2)16(18(24)22-9-7-13(11-20)8-10-22)21-17(23)14-5-3-4-6-15(14)19;/h3-6,12-13,16H,7-11,20H2,1-2H3,(H,21,23);1H. The summed E-state index contributed by atoms with van der Waals surface area (Å²) in [6.07, 6.45) is 1.77. The van der Waals surface area contributed by atoms with Crippen molar-refractivity contribution in [2.75, 3.05) is 19.6 Å². The van der Waals surface area contributed by atoms with Crippen molar-refractivity contribution in [3.05, 3.63) is 35.6 Å². The summed E-state index contributed by atoms with van der Waals surface area (Å²) in [5.41, 5.74) is 5.64. The Balaban J connectivity index is 0.00000312. The number of halogens is 2. The van der Waals surface area contributed by atoms with Gasteiger partial charge in [0.25, 0.3) is 5.91 Å². The molecule has 1 aliphatic rings. The van der Waals surface area contributed by atoms with Crippen LogP contribution in [-0.2, 0) is 4.79 Å². The number of hydrogen-bond donors (Lipinski definition) is 2. The van der Waals surface area contributed by atoms with Gasteiger partial charge in [-0.05, 0) is 43.4 Å². The summed E-state index contributed by atoms with van der Waals surface area (Å²) in [6.45, 7) is 5.69. The number of piperidine rings is 1. The average Bonchev–Trinajstić information content (AvgIpc) is 2.59. The second-order valence-electron chi connectivity index (χ2n) is 6.68. The summed E-state index contributed by atoms with van der Waals surface area (Å²) in [4.78, 5) is 26.9. The maximum atomic E-state index is 13.8.